The number of nitrogens with one attached hydrogen (secondary N) is 1. The second-order valence-electron chi connectivity index (χ2n) is 5.00. The molecule has 1 fully saturated rings. The van der Waals surface area contributed by atoms with Crippen LogP contribution in [0.1, 0.15) is 30.4 Å². The third kappa shape index (κ3) is 3.25. The predicted octanol–water partition coefficient (Wildman–Crippen LogP) is 3.16. The molecule has 0 spiro atoms. The van der Waals surface area contributed by atoms with E-state index < -0.39 is 5.67 Å². The first-order valence-corrected chi connectivity index (χ1v) is 6.24. The van der Waals surface area contributed by atoms with Gasteiger partial charge in [0.25, 0.3) is 0 Å². The number of hydrogen-bond acceptors (Lipinski definition) is 1. The largest absolute Gasteiger partial charge is 0.317 e. The Morgan fingerprint density at radius 3 is 2.94 bits per heavy atom. The molecule has 0 bridgehead atoms. The minimum absolute atomic E-state index is 0.277. The van der Waals surface area contributed by atoms with Crippen molar-refractivity contribution in [2.24, 2.45) is 0 Å². The molecule has 1 aromatic rings. The first-order chi connectivity index (χ1) is 8.09. The molecule has 1 unspecified atom stereocenters. The van der Waals surface area contributed by atoms with Crippen LogP contribution in [0.4, 0.5) is 8.78 Å². The van der Waals surface area contributed by atoms with E-state index in [4.69, 9.17) is 0 Å². The van der Waals surface area contributed by atoms with Crippen LogP contribution in [0.25, 0.3) is 0 Å². The molecule has 0 saturated carbocycles. The molecule has 0 aliphatic carbocycles. The maximum atomic E-state index is 14.7. The van der Waals surface area contributed by atoms with E-state index in [1.165, 1.54) is 12.1 Å². The Balaban J connectivity index is 2.15. The van der Waals surface area contributed by atoms with Gasteiger partial charge in [-0.05, 0) is 62.5 Å². The average Bonchev–Trinajstić information content (AvgIpc) is 2.49. The third-order valence-electron chi connectivity index (χ3n) is 3.55. The van der Waals surface area contributed by atoms with E-state index in [1.54, 1.807) is 6.07 Å². The molecular weight excluding hydrogens is 220 g/mol. The summed E-state index contributed by atoms with van der Waals surface area (Å²) in [6.45, 7) is 3.51. The van der Waals surface area contributed by atoms with Gasteiger partial charge < -0.3 is 5.32 Å². The molecule has 1 saturated heterocycles. The number of rotatable bonds is 2. The molecule has 0 radical (unpaired) electrons. The van der Waals surface area contributed by atoms with Crippen LogP contribution in [0, 0.1) is 12.7 Å². The summed E-state index contributed by atoms with van der Waals surface area (Å²) >= 11 is 0. The maximum absolute atomic E-state index is 14.7. The summed E-state index contributed by atoms with van der Waals surface area (Å²) in [6, 6.07) is 4.62. The number of hydrogen-bond donors (Lipinski definition) is 1. The van der Waals surface area contributed by atoms with Gasteiger partial charge in [-0.15, -0.1) is 0 Å². The van der Waals surface area contributed by atoms with E-state index in [-0.39, 0.29) is 5.82 Å². The second-order valence-corrected chi connectivity index (χ2v) is 5.00. The van der Waals surface area contributed by atoms with E-state index in [1.807, 2.05) is 6.92 Å². The van der Waals surface area contributed by atoms with E-state index in [0.29, 0.717) is 25.8 Å². The molecule has 1 nitrogen and oxygen atoms in total. The Morgan fingerprint density at radius 2 is 2.12 bits per heavy atom. The summed E-state index contributed by atoms with van der Waals surface area (Å²) in [5, 5.41) is 3.20. The van der Waals surface area contributed by atoms with Gasteiger partial charge >= 0.3 is 0 Å². The van der Waals surface area contributed by atoms with Crippen LogP contribution in [-0.4, -0.2) is 18.8 Å². The normalized spacial score (nSPS) is 25.6. The molecular formula is C14H19F2N. The molecule has 94 valence electrons. The van der Waals surface area contributed by atoms with Crippen LogP contribution in [0.2, 0.25) is 0 Å². The highest BCUT2D eigenvalue weighted by Gasteiger charge is 2.31. The quantitative estimate of drug-likeness (QED) is 0.836. The van der Waals surface area contributed by atoms with E-state index in [2.05, 4.69) is 5.32 Å². The molecule has 0 aromatic heterocycles. The molecule has 0 amide bonds. The van der Waals surface area contributed by atoms with Crippen molar-refractivity contribution in [3.63, 3.8) is 0 Å². The Bertz CT molecular complexity index is 382. The topological polar surface area (TPSA) is 12.0 Å². The number of benzene rings is 1. The summed E-state index contributed by atoms with van der Waals surface area (Å²) in [4.78, 5) is 0. The fraction of sp³-hybridized carbons (Fsp3) is 0.571. The Morgan fingerprint density at radius 1 is 1.29 bits per heavy atom. The summed E-state index contributed by atoms with van der Waals surface area (Å²) < 4.78 is 27.8. The first-order valence-electron chi connectivity index (χ1n) is 6.24. The number of aryl methyl sites for hydroxylation is 1. The molecule has 1 aliphatic heterocycles. The lowest BCUT2D eigenvalue weighted by Crippen LogP contribution is -2.27. The van der Waals surface area contributed by atoms with Gasteiger partial charge in [0.1, 0.15) is 11.5 Å². The minimum Gasteiger partial charge on any atom is -0.317 e. The maximum Gasteiger partial charge on any atom is 0.123 e. The highest BCUT2D eigenvalue weighted by atomic mass is 19.1. The predicted molar refractivity (Wildman–Crippen MR) is 65.4 cm³/mol. The molecule has 17 heavy (non-hydrogen) atoms. The van der Waals surface area contributed by atoms with Gasteiger partial charge in [-0.25, -0.2) is 8.78 Å². The van der Waals surface area contributed by atoms with Gasteiger partial charge in [-0.2, -0.15) is 0 Å². The van der Waals surface area contributed by atoms with Gasteiger partial charge in [0, 0.05) is 6.42 Å². The van der Waals surface area contributed by atoms with Crippen molar-refractivity contribution in [1.82, 2.24) is 5.32 Å². The SMILES string of the molecule is Cc1ccc(F)cc1CC1(F)CCCNCC1. The highest BCUT2D eigenvalue weighted by molar-refractivity contribution is 5.28. The lowest BCUT2D eigenvalue weighted by molar-refractivity contribution is 0.144. The number of alkyl halides is 1. The van der Waals surface area contributed by atoms with Crippen molar-refractivity contribution < 1.29 is 8.78 Å². The molecule has 1 aromatic carbocycles. The Kier molecular flexibility index (Phi) is 3.77. The van der Waals surface area contributed by atoms with Gasteiger partial charge in [0.05, 0.1) is 0 Å². The van der Waals surface area contributed by atoms with Crippen molar-refractivity contribution in [3.8, 4) is 0 Å². The highest BCUT2D eigenvalue weighted by Crippen LogP contribution is 2.30. The molecule has 1 heterocycles. The van der Waals surface area contributed by atoms with Gasteiger partial charge in [-0.3, -0.25) is 0 Å². The summed E-state index contributed by atoms with van der Waals surface area (Å²) in [7, 11) is 0. The lowest BCUT2D eigenvalue weighted by Gasteiger charge is -2.24. The van der Waals surface area contributed by atoms with Gasteiger partial charge in [-0.1, -0.05) is 6.07 Å². The van der Waals surface area contributed by atoms with Crippen LogP contribution in [-0.2, 0) is 6.42 Å². The third-order valence-corrected chi connectivity index (χ3v) is 3.55. The van der Waals surface area contributed by atoms with Gasteiger partial charge in [0.15, 0.2) is 0 Å². The lowest BCUT2D eigenvalue weighted by atomic mass is 9.88. The van der Waals surface area contributed by atoms with Crippen LogP contribution in [0.5, 0.6) is 0 Å². The zero-order valence-electron chi connectivity index (χ0n) is 10.2. The molecule has 1 aliphatic rings. The fourth-order valence-electron chi connectivity index (χ4n) is 2.44. The van der Waals surface area contributed by atoms with E-state index in [0.717, 1.165) is 24.1 Å². The molecule has 2 rings (SSSR count). The van der Waals surface area contributed by atoms with Crippen LogP contribution in [0.15, 0.2) is 18.2 Å². The van der Waals surface area contributed by atoms with Crippen molar-refractivity contribution in [3.05, 3.63) is 35.1 Å². The summed E-state index contributed by atoms with van der Waals surface area (Å²) in [5.41, 5.74) is 0.595. The van der Waals surface area contributed by atoms with Crippen molar-refractivity contribution in [2.45, 2.75) is 38.3 Å². The molecule has 3 heteroatoms. The first kappa shape index (κ1) is 12.5. The Labute approximate surface area is 101 Å². The van der Waals surface area contributed by atoms with Crippen molar-refractivity contribution >= 4 is 0 Å². The zero-order chi connectivity index (χ0) is 12.3. The van der Waals surface area contributed by atoms with Gasteiger partial charge in [0.2, 0.25) is 0 Å². The zero-order valence-corrected chi connectivity index (χ0v) is 10.2. The minimum atomic E-state index is -1.18. The van der Waals surface area contributed by atoms with Crippen LogP contribution < -0.4 is 5.32 Å². The summed E-state index contributed by atoms with van der Waals surface area (Å²) in [5.74, 6) is -0.277. The fourth-order valence-corrected chi connectivity index (χ4v) is 2.44. The van der Waals surface area contributed by atoms with Crippen molar-refractivity contribution in [2.75, 3.05) is 13.1 Å². The van der Waals surface area contributed by atoms with E-state index >= 15 is 0 Å². The summed E-state index contributed by atoms with van der Waals surface area (Å²) in [6.07, 6.45) is 2.27. The van der Waals surface area contributed by atoms with Crippen LogP contribution >= 0.6 is 0 Å². The smallest absolute Gasteiger partial charge is 0.123 e. The van der Waals surface area contributed by atoms with Crippen molar-refractivity contribution in [1.29, 1.82) is 0 Å². The number of halogens is 2. The molecule has 1 N–H and O–H groups in total. The monoisotopic (exact) mass is 239 g/mol. The Hall–Kier alpha value is -0.960. The molecule has 1 atom stereocenters. The second kappa shape index (κ2) is 5.13. The van der Waals surface area contributed by atoms with E-state index in [9.17, 15) is 8.78 Å². The standard InChI is InChI=1S/C14H19F2N/c1-11-3-4-13(15)9-12(11)10-14(16)5-2-7-17-8-6-14/h3-4,9,17H,2,5-8,10H2,1H3. The average molecular weight is 239 g/mol. The van der Waals surface area contributed by atoms with Crippen LogP contribution in [0.3, 0.4) is 0 Å².